The lowest BCUT2D eigenvalue weighted by atomic mass is 9.73. The maximum Gasteiger partial charge on any atom is 0.246 e. The van der Waals surface area contributed by atoms with Crippen molar-refractivity contribution in [3.8, 4) is 5.75 Å². The fraction of sp³-hybridized carbons (Fsp3) is 0.667. The predicted octanol–water partition coefficient (Wildman–Crippen LogP) is 3.85. The van der Waals surface area contributed by atoms with Gasteiger partial charge in [0.2, 0.25) is 17.7 Å². The highest BCUT2D eigenvalue weighted by molar-refractivity contribution is 6.02. The Morgan fingerprint density at radius 3 is 2.57 bits per heavy atom. The van der Waals surface area contributed by atoms with Crippen molar-refractivity contribution in [1.29, 1.82) is 0 Å². The molecule has 42 heavy (non-hydrogen) atoms. The van der Waals surface area contributed by atoms with Crippen molar-refractivity contribution in [3.63, 3.8) is 0 Å². The van der Waals surface area contributed by atoms with Crippen LogP contribution in [0.3, 0.4) is 0 Å². The van der Waals surface area contributed by atoms with Gasteiger partial charge < -0.3 is 29.9 Å². The van der Waals surface area contributed by atoms with Crippen LogP contribution in [0.15, 0.2) is 36.4 Å². The quantitative estimate of drug-likeness (QED) is 0.365. The van der Waals surface area contributed by atoms with Crippen LogP contribution in [0.2, 0.25) is 0 Å². The molecule has 5 rings (SSSR count). The van der Waals surface area contributed by atoms with Crippen LogP contribution in [0, 0.1) is 23.7 Å². The van der Waals surface area contributed by atoms with Gasteiger partial charge in [-0.1, -0.05) is 52.2 Å². The Balaban J connectivity index is 1.38. The summed E-state index contributed by atoms with van der Waals surface area (Å²) >= 11 is 0. The fourth-order valence-electron chi connectivity index (χ4n) is 7.51. The first-order valence-electron chi connectivity index (χ1n) is 15.8. The summed E-state index contributed by atoms with van der Waals surface area (Å²) in [6.45, 7) is 8.89. The van der Waals surface area contributed by atoms with E-state index in [-0.39, 0.29) is 23.8 Å². The zero-order valence-corrected chi connectivity index (χ0v) is 25.8. The number of nitrogens with zero attached hydrogens (tertiary/aromatic N) is 2. The van der Waals surface area contributed by atoms with Crippen LogP contribution in [-0.4, -0.2) is 85.1 Å². The number of fused-ring (bicyclic) bond motifs is 1. The summed E-state index contributed by atoms with van der Waals surface area (Å²) < 4.78 is 11.7. The van der Waals surface area contributed by atoms with Crippen molar-refractivity contribution >= 4 is 23.4 Å². The Morgan fingerprint density at radius 1 is 1.12 bits per heavy atom. The third kappa shape index (κ3) is 5.70. The number of carbonyl (C=O) groups is 3. The van der Waals surface area contributed by atoms with E-state index in [2.05, 4.69) is 43.4 Å². The lowest BCUT2D eigenvalue weighted by molar-refractivity contribution is -0.141. The van der Waals surface area contributed by atoms with Gasteiger partial charge in [0.15, 0.2) is 0 Å². The Kier molecular flexibility index (Phi) is 9.28. The fourth-order valence-corrected chi connectivity index (χ4v) is 7.51. The smallest absolute Gasteiger partial charge is 0.246 e. The van der Waals surface area contributed by atoms with E-state index in [1.54, 1.807) is 36.3 Å². The molecule has 4 aliphatic rings. The Hall–Kier alpha value is -2.91. The van der Waals surface area contributed by atoms with Gasteiger partial charge in [-0.25, -0.2) is 0 Å². The lowest BCUT2D eigenvalue weighted by Gasteiger charge is -2.38. The van der Waals surface area contributed by atoms with Crippen molar-refractivity contribution in [1.82, 2.24) is 15.1 Å². The van der Waals surface area contributed by atoms with E-state index < -0.39 is 29.6 Å². The van der Waals surface area contributed by atoms with Crippen LogP contribution in [0.25, 0.3) is 0 Å². The zero-order chi connectivity index (χ0) is 30.0. The number of methoxy groups -OCH3 is 1. The first-order valence-corrected chi connectivity index (χ1v) is 15.8. The molecule has 3 heterocycles. The molecule has 1 spiro atoms. The summed E-state index contributed by atoms with van der Waals surface area (Å²) in [6, 6.07) is 6.36. The monoisotopic (exact) mass is 580 g/mol. The summed E-state index contributed by atoms with van der Waals surface area (Å²) in [5.41, 5.74) is -0.528. The van der Waals surface area contributed by atoms with Crippen LogP contribution < -0.4 is 15.4 Å². The number of carbonyl (C=O) groups excluding carboxylic acids is 3. The second kappa shape index (κ2) is 12.8. The highest BCUT2D eigenvalue weighted by Gasteiger charge is 2.72. The van der Waals surface area contributed by atoms with Gasteiger partial charge >= 0.3 is 0 Å². The van der Waals surface area contributed by atoms with E-state index in [0.717, 1.165) is 51.6 Å². The molecular formula is C33H48N4O5. The number of likely N-dealkylation sites (tertiary alicyclic amines) is 1. The molecule has 8 atom stereocenters. The molecule has 3 amide bonds. The average molecular weight is 581 g/mol. The van der Waals surface area contributed by atoms with Crippen LogP contribution in [0.1, 0.15) is 59.3 Å². The molecule has 3 aliphatic heterocycles. The van der Waals surface area contributed by atoms with Gasteiger partial charge in [-0.3, -0.25) is 14.4 Å². The highest BCUT2D eigenvalue weighted by atomic mass is 16.5. The molecule has 0 aromatic heterocycles. The topological polar surface area (TPSA) is 100 Å². The number of nitrogens with one attached hydrogen (secondary N) is 2. The van der Waals surface area contributed by atoms with Crippen LogP contribution in [0.5, 0.6) is 5.75 Å². The van der Waals surface area contributed by atoms with Crippen LogP contribution in [0.4, 0.5) is 5.69 Å². The van der Waals surface area contributed by atoms with Crippen molar-refractivity contribution in [2.24, 2.45) is 23.7 Å². The number of anilines is 1. The minimum atomic E-state index is -1.15. The van der Waals surface area contributed by atoms with Gasteiger partial charge in [-0.2, -0.15) is 0 Å². The maximum atomic E-state index is 14.2. The van der Waals surface area contributed by atoms with Crippen molar-refractivity contribution in [3.05, 3.63) is 36.4 Å². The lowest BCUT2D eigenvalue weighted by Crippen LogP contribution is -2.58. The highest BCUT2D eigenvalue weighted by Crippen LogP contribution is 2.55. The summed E-state index contributed by atoms with van der Waals surface area (Å²) in [6.07, 6.45) is 9.38. The molecule has 9 nitrogen and oxygen atoms in total. The Morgan fingerprint density at radius 2 is 1.86 bits per heavy atom. The van der Waals surface area contributed by atoms with Crippen LogP contribution in [-0.2, 0) is 19.1 Å². The van der Waals surface area contributed by atoms with Gasteiger partial charge in [-0.15, -0.1) is 0 Å². The van der Waals surface area contributed by atoms with Crippen LogP contribution >= 0.6 is 0 Å². The minimum Gasteiger partial charge on any atom is -0.497 e. The SMILES string of the molecule is CCCCN(C)CCCN1C(=O)[C@H]2[C@H](C(=O)Nc3ccc(OC)cc3)[C@H]3C=C[C@@]2(O3)[C@@H]1C(=O)N[C@@H]1CCC[C@H](C)[C@@H]1C. The summed E-state index contributed by atoms with van der Waals surface area (Å²) in [7, 11) is 3.69. The number of amides is 3. The Labute approximate surface area is 250 Å². The summed E-state index contributed by atoms with van der Waals surface area (Å²) in [5, 5.41) is 6.31. The average Bonchev–Trinajstić information content (AvgIpc) is 3.62. The third-order valence-electron chi connectivity index (χ3n) is 10.1. The van der Waals surface area contributed by atoms with Crippen molar-refractivity contribution < 1.29 is 23.9 Å². The predicted molar refractivity (Wildman–Crippen MR) is 162 cm³/mol. The number of rotatable bonds is 12. The van der Waals surface area contributed by atoms with E-state index in [4.69, 9.17) is 9.47 Å². The number of unbranched alkanes of at least 4 members (excludes halogenated alkanes) is 1. The normalized spacial score (nSPS) is 33.2. The third-order valence-corrected chi connectivity index (χ3v) is 10.1. The summed E-state index contributed by atoms with van der Waals surface area (Å²) in [5.74, 6) is -0.503. The standard InChI is InChI=1S/C33H48N4O5/c1-6-7-18-36(4)19-9-20-37-29(31(39)35-25-11-8-10-21(2)22(25)3)33-17-16-26(42-33)27(28(33)32(37)40)30(38)34-23-12-14-24(41-5)15-13-23/h12-17,21-22,25-29H,6-11,18-20H2,1-5H3,(H,34,38)(H,35,39)/t21-,22-,25+,26+,27+,28+,29-,33-/m0/s1. The molecular weight excluding hydrogens is 532 g/mol. The van der Waals surface area contributed by atoms with E-state index in [1.165, 1.54) is 0 Å². The number of hydrogen-bond acceptors (Lipinski definition) is 6. The van der Waals surface area contributed by atoms with Crippen molar-refractivity contribution in [2.75, 3.05) is 39.1 Å². The molecule has 2 saturated heterocycles. The molecule has 3 fully saturated rings. The Bertz CT molecular complexity index is 1170. The number of ether oxygens (including phenoxy) is 2. The van der Waals surface area contributed by atoms with E-state index in [9.17, 15) is 14.4 Å². The number of benzene rings is 1. The van der Waals surface area contributed by atoms with Gasteiger partial charge in [-0.05, 0) is 75.5 Å². The first-order chi connectivity index (χ1) is 20.2. The molecule has 0 unspecified atom stereocenters. The minimum absolute atomic E-state index is 0.0607. The van der Waals surface area contributed by atoms with E-state index >= 15 is 0 Å². The second-order valence-corrected chi connectivity index (χ2v) is 12.8. The maximum absolute atomic E-state index is 14.2. The molecule has 1 aliphatic carbocycles. The summed E-state index contributed by atoms with van der Waals surface area (Å²) in [4.78, 5) is 46.1. The first kappa shape index (κ1) is 30.5. The molecule has 9 heteroatoms. The van der Waals surface area contributed by atoms with Crippen molar-refractivity contribution in [2.45, 2.75) is 83.1 Å². The zero-order valence-electron chi connectivity index (χ0n) is 25.8. The van der Waals surface area contributed by atoms with Gasteiger partial charge in [0, 0.05) is 18.3 Å². The van der Waals surface area contributed by atoms with E-state index in [1.807, 2.05) is 12.2 Å². The van der Waals surface area contributed by atoms with E-state index in [0.29, 0.717) is 29.8 Å². The molecule has 230 valence electrons. The van der Waals surface area contributed by atoms with Gasteiger partial charge in [0.25, 0.3) is 0 Å². The van der Waals surface area contributed by atoms with Gasteiger partial charge in [0.1, 0.15) is 17.4 Å². The molecule has 2 bridgehead atoms. The molecule has 1 saturated carbocycles. The molecule has 1 aromatic rings. The molecule has 0 radical (unpaired) electrons. The van der Waals surface area contributed by atoms with Gasteiger partial charge in [0.05, 0.1) is 25.0 Å². The molecule has 2 N–H and O–H groups in total. The largest absolute Gasteiger partial charge is 0.497 e. The molecule has 1 aromatic carbocycles. The number of hydrogen-bond donors (Lipinski definition) is 2. The second-order valence-electron chi connectivity index (χ2n) is 12.8.